The molecule has 82 valence electrons. The number of amides is 1. The van der Waals surface area contributed by atoms with Crippen LogP contribution in [0.4, 0.5) is 4.79 Å². The van der Waals surface area contributed by atoms with E-state index in [9.17, 15) is 4.79 Å². The molecule has 0 aromatic heterocycles. The molecule has 1 rings (SSSR count). The van der Waals surface area contributed by atoms with Gasteiger partial charge in [0, 0.05) is 12.6 Å². The molecule has 1 aliphatic heterocycles. The molecule has 4 heteroatoms. The summed E-state index contributed by atoms with van der Waals surface area (Å²) in [6, 6.07) is 0.0219. The fourth-order valence-electron chi connectivity index (χ4n) is 1.51. The van der Waals surface area contributed by atoms with Crippen LogP contribution in [0.25, 0.3) is 0 Å². The lowest BCUT2D eigenvalue weighted by Gasteiger charge is -2.33. The Hall–Kier alpha value is -0.925. The highest BCUT2D eigenvalue weighted by Crippen LogP contribution is 2.17. The largest absolute Gasteiger partial charge is 0.444 e. The SMILES string of the molecule is [B]C1=CC(C)N(C(=O)OC(C)(C)C)CC1. The zero-order valence-electron chi connectivity index (χ0n) is 9.91. The van der Waals surface area contributed by atoms with E-state index in [1.807, 2.05) is 33.8 Å². The van der Waals surface area contributed by atoms with Gasteiger partial charge in [-0.3, -0.25) is 0 Å². The monoisotopic (exact) mass is 207 g/mol. The maximum Gasteiger partial charge on any atom is 0.410 e. The first-order valence-corrected chi connectivity index (χ1v) is 5.25. The van der Waals surface area contributed by atoms with Crippen molar-refractivity contribution in [3.63, 3.8) is 0 Å². The Balaban J connectivity index is 2.62. The predicted octanol–water partition coefficient (Wildman–Crippen LogP) is 2.07. The maximum absolute atomic E-state index is 11.8. The van der Waals surface area contributed by atoms with E-state index in [1.165, 1.54) is 0 Å². The highest BCUT2D eigenvalue weighted by molar-refractivity contribution is 6.21. The highest BCUT2D eigenvalue weighted by Gasteiger charge is 2.26. The van der Waals surface area contributed by atoms with Crippen molar-refractivity contribution < 1.29 is 9.53 Å². The summed E-state index contributed by atoms with van der Waals surface area (Å²) in [5.41, 5.74) is 0.408. The van der Waals surface area contributed by atoms with Gasteiger partial charge in [-0.05, 0) is 34.1 Å². The summed E-state index contributed by atoms with van der Waals surface area (Å²) >= 11 is 0. The maximum atomic E-state index is 11.8. The summed E-state index contributed by atoms with van der Waals surface area (Å²) in [4.78, 5) is 13.5. The lowest BCUT2D eigenvalue weighted by Crippen LogP contribution is -2.43. The van der Waals surface area contributed by atoms with Gasteiger partial charge in [-0.2, -0.15) is 0 Å². The number of nitrogens with zero attached hydrogens (tertiary/aromatic N) is 1. The fourth-order valence-corrected chi connectivity index (χ4v) is 1.51. The average Bonchev–Trinajstić information content (AvgIpc) is 1.99. The first-order valence-electron chi connectivity index (χ1n) is 5.25. The molecule has 15 heavy (non-hydrogen) atoms. The molecule has 1 aliphatic rings. The van der Waals surface area contributed by atoms with E-state index in [1.54, 1.807) is 4.90 Å². The number of rotatable bonds is 0. The summed E-state index contributed by atoms with van der Waals surface area (Å²) < 4.78 is 5.30. The Morgan fingerprint density at radius 3 is 2.67 bits per heavy atom. The van der Waals surface area contributed by atoms with Crippen molar-refractivity contribution in [2.45, 2.75) is 45.8 Å². The third kappa shape index (κ3) is 3.61. The smallest absolute Gasteiger partial charge is 0.410 e. The zero-order chi connectivity index (χ0) is 11.6. The lowest BCUT2D eigenvalue weighted by molar-refractivity contribution is 0.0205. The number of carbonyl (C=O) groups excluding carboxylic acids is 1. The molecule has 0 aliphatic carbocycles. The van der Waals surface area contributed by atoms with Crippen LogP contribution in [-0.2, 0) is 4.74 Å². The summed E-state index contributed by atoms with van der Waals surface area (Å²) in [6.45, 7) is 8.17. The summed E-state index contributed by atoms with van der Waals surface area (Å²) in [6.07, 6.45) is 2.36. The van der Waals surface area contributed by atoms with Crippen molar-refractivity contribution in [1.29, 1.82) is 0 Å². The van der Waals surface area contributed by atoms with Gasteiger partial charge >= 0.3 is 6.09 Å². The zero-order valence-corrected chi connectivity index (χ0v) is 9.91. The molecule has 0 saturated carbocycles. The van der Waals surface area contributed by atoms with Gasteiger partial charge in [0.2, 0.25) is 0 Å². The minimum atomic E-state index is -0.441. The van der Waals surface area contributed by atoms with Crippen molar-refractivity contribution in [2.24, 2.45) is 0 Å². The normalized spacial score (nSPS) is 22.3. The van der Waals surface area contributed by atoms with E-state index in [0.29, 0.717) is 6.54 Å². The first kappa shape index (κ1) is 12.1. The molecule has 2 radical (unpaired) electrons. The highest BCUT2D eigenvalue weighted by atomic mass is 16.6. The second-order valence-electron chi connectivity index (χ2n) is 4.91. The van der Waals surface area contributed by atoms with Crippen LogP contribution in [0.3, 0.4) is 0 Å². The molecule has 3 nitrogen and oxygen atoms in total. The van der Waals surface area contributed by atoms with E-state index in [0.717, 1.165) is 11.9 Å². The van der Waals surface area contributed by atoms with Gasteiger partial charge in [-0.25, -0.2) is 4.79 Å². The van der Waals surface area contributed by atoms with Crippen LogP contribution in [0, 0.1) is 0 Å². The Labute approximate surface area is 92.9 Å². The molecule has 0 N–H and O–H groups in total. The quantitative estimate of drug-likeness (QED) is 0.569. The number of hydrogen-bond donors (Lipinski definition) is 0. The molecule has 0 aromatic carbocycles. The Morgan fingerprint density at radius 1 is 1.60 bits per heavy atom. The van der Waals surface area contributed by atoms with Crippen molar-refractivity contribution in [3.05, 3.63) is 11.5 Å². The Bertz CT molecular complexity index is 281. The predicted molar refractivity (Wildman–Crippen MR) is 60.9 cm³/mol. The van der Waals surface area contributed by atoms with Gasteiger partial charge in [-0.1, -0.05) is 6.08 Å². The van der Waals surface area contributed by atoms with Crippen molar-refractivity contribution in [2.75, 3.05) is 6.54 Å². The van der Waals surface area contributed by atoms with Crippen molar-refractivity contribution in [1.82, 2.24) is 4.90 Å². The standard InChI is InChI=1S/C11H18BNO2/c1-8-7-9(12)5-6-13(8)10(14)15-11(2,3)4/h7-8H,5-6H2,1-4H3. The minimum Gasteiger partial charge on any atom is -0.444 e. The molecular formula is C11H18BNO2. The van der Waals surface area contributed by atoms with Crippen LogP contribution in [0.15, 0.2) is 11.5 Å². The van der Waals surface area contributed by atoms with E-state index in [4.69, 9.17) is 12.6 Å². The van der Waals surface area contributed by atoms with Crippen molar-refractivity contribution in [3.8, 4) is 0 Å². The van der Waals surface area contributed by atoms with Crippen LogP contribution in [-0.4, -0.2) is 37.0 Å². The summed E-state index contributed by atoms with van der Waals surface area (Å²) in [5, 5.41) is 0. The summed E-state index contributed by atoms with van der Waals surface area (Å²) in [5.74, 6) is 0. The molecule has 0 bridgehead atoms. The lowest BCUT2D eigenvalue weighted by atomic mass is 9.88. The summed E-state index contributed by atoms with van der Waals surface area (Å²) in [7, 11) is 5.70. The number of ether oxygens (including phenoxy) is 1. The van der Waals surface area contributed by atoms with E-state index in [2.05, 4.69) is 0 Å². The molecule has 1 heterocycles. The number of hydrogen-bond acceptors (Lipinski definition) is 2. The van der Waals surface area contributed by atoms with Crippen LogP contribution in [0.1, 0.15) is 34.1 Å². The third-order valence-electron chi connectivity index (χ3n) is 2.22. The molecule has 0 aromatic rings. The fraction of sp³-hybridized carbons (Fsp3) is 0.727. The van der Waals surface area contributed by atoms with Crippen molar-refractivity contribution >= 4 is 13.9 Å². The van der Waals surface area contributed by atoms with Gasteiger partial charge in [-0.15, -0.1) is 5.47 Å². The van der Waals surface area contributed by atoms with E-state index >= 15 is 0 Å². The molecule has 0 spiro atoms. The van der Waals surface area contributed by atoms with Crippen LogP contribution in [0.5, 0.6) is 0 Å². The molecule has 0 fully saturated rings. The van der Waals surface area contributed by atoms with Gasteiger partial charge in [0.15, 0.2) is 0 Å². The second-order valence-corrected chi connectivity index (χ2v) is 4.91. The van der Waals surface area contributed by atoms with E-state index < -0.39 is 5.60 Å². The van der Waals surface area contributed by atoms with Gasteiger partial charge in [0.25, 0.3) is 0 Å². The molecular weight excluding hydrogens is 189 g/mol. The van der Waals surface area contributed by atoms with Gasteiger partial charge < -0.3 is 9.64 Å². The first-order chi connectivity index (χ1) is 6.79. The molecule has 1 unspecified atom stereocenters. The topological polar surface area (TPSA) is 29.5 Å². The third-order valence-corrected chi connectivity index (χ3v) is 2.22. The second kappa shape index (κ2) is 4.29. The molecule has 0 saturated heterocycles. The average molecular weight is 207 g/mol. The molecule has 1 amide bonds. The van der Waals surface area contributed by atoms with Gasteiger partial charge in [0.1, 0.15) is 13.4 Å². The van der Waals surface area contributed by atoms with Gasteiger partial charge in [0.05, 0.1) is 0 Å². The molecule has 1 atom stereocenters. The van der Waals surface area contributed by atoms with Crippen LogP contribution < -0.4 is 0 Å². The number of carbonyl (C=O) groups is 1. The van der Waals surface area contributed by atoms with E-state index in [-0.39, 0.29) is 12.1 Å². The van der Waals surface area contributed by atoms with Crippen LogP contribution >= 0.6 is 0 Å². The minimum absolute atomic E-state index is 0.0219. The Morgan fingerprint density at radius 2 is 2.20 bits per heavy atom. The van der Waals surface area contributed by atoms with Crippen LogP contribution in [0.2, 0.25) is 0 Å². The Kier molecular flexibility index (Phi) is 3.48.